The van der Waals surface area contributed by atoms with Crippen LogP contribution < -0.4 is 9.64 Å². The van der Waals surface area contributed by atoms with Gasteiger partial charge in [-0.05, 0) is 42.7 Å². The van der Waals surface area contributed by atoms with Crippen LogP contribution in [0.5, 0.6) is 5.75 Å². The van der Waals surface area contributed by atoms with Gasteiger partial charge in [0.1, 0.15) is 24.9 Å². The minimum Gasteiger partial charge on any atom is -0.497 e. The highest BCUT2D eigenvalue weighted by Crippen LogP contribution is 2.22. The number of aromatic nitrogens is 1. The van der Waals surface area contributed by atoms with Crippen LogP contribution in [-0.2, 0) is 17.8 Å². The van der Waals surface area contributed by atoms with E-state index in [1.165, 1.54) is 48.3 Å². The van der Waals surface area contributed by atoms with Crippen LogP contribution in [0.2, 0.25) is 0 Å². The first kappa shape index (κ1) is 21.9. The van der Waals surface area contributed by atoms with E-state index in [1.54, 1.807) is 14.2 Å². The van der Waals surface area contributed by atoms with Gasteiger partial charge in [0, 0.05) is 25.8 Å². The van der Waals surface area contributed by atoms with Gasteiger partial charge in [0.05, 0.1) is 26.0 Å². The molecule has 1 heterocycles. The van der Waals surface area contributed by atoms with Gasteiger partial charge >= 0.3 is 0 Å². The number of nitrogens with one attached hydrogen (secondary N) is 1. The lowest BCUT2D eigenvalue weighted by Crippen LogP contribution is -3.12. The lowest BCUT2D eigenvalue weighted by Gasteiger charge is -2.29. The number of quaternary nitrogens is 1. The monoisotopic (exact) mass is 401 g/mol. The second-order valence-corrected chi connectivity index (χ2v) is 8.43. The zero-order chi connectivity index (χ0) is 20.5. The van der Waals surface area contributed by atoms with E-state index in [9.17, 15) is 5.11 Å². The van der Waals surface area contributed by atoms with Gasteiger partial charge in [0.25, 0.3) is 0 Å². The fraction of sp³-hybridized carbons (Fsp3) is 0.583. The van der Waals surface area contributed by atoms with Crippen LogP contribution in [0.1, 0.15) is 43.4 Å². The highest BCUT2D eigenvalue weighted by Gasteiger charge is 2.23. The van der Waals surface area contributed by atoms with E-state index in [0.29, 0.717) is 6.61 Å². The molecule has 1 unspecified atom stereocenters. The van der Waals surface area contributed by atoms with Crippen LogP contribution >= 0.6 is 0 Å². The van der Waals surface area contributed by atoms with E-state index in [4.69, 9.17) is 9.47 Å². The summed E-state index contributed by atoms with van der Waals surface area (Å²) < 4.78 is 12.9. The molecular formula is C24H37N2O3+. The molecule has 0 bridgehead atoms. The summed E-state index contributed by atoms with van der Waals surface area (Å²) in [7, 11) is 3.36. The van der Waals surface area contributed by atoms with Gasteiger partial charge in [-0.25, -0.2) is 0 Å². The zero-order valence-electron chi connectivity index (χ0n) is 18.0. The summed E-state index contributed by atoms with van der Waals surface area (Å²) in [5.74, 6) is 1.67. The normalized spacial score (nSPS) is 17.2. The molecule has 0 radical (unpaired) electrons. The summed E-state index contributed by atoms with van der Waals surface area (Å²) in [5.41, 5.74) is 2.54. The van der Waals surface area contributed by atoms with Gasteiger partial charge < -0.3 is 24.0 Å². The maximum atomic E-state index is 10.4. The Morgan fingerprint density at radius 3 is 2.72 bits per heavy atom. The Balaban J connectivity index is 1.68. The van der Waals surface area contributed by atoms with Crippen molar-refractivity contribution in [2.75, 3.05) is 33.9 Å². The maximum absolute atomic E-state index is 10.4. The molecule has 2 aromatic rings. The number of methoxy groups -OCH3 is 2. The van der Waals surface area contributed by atoms with Crippen LogP contribution in [-0.4, -0.2) is 49.7 Å². The third kappa shape index (κ3) is 6.88. The molecule has 160 valence electrons. The molecule has 3 rings (SSSR count). The first-order valence-corrected chi connectivity index (χ1v) is 11.0. The summed E-state index contributed by atoms with van der Waals surface area (Å²) in [4.78, 5) is 1.45. The number of rotatable bonds is 11. The number of ether oxygens (including phenoxy) is 2. The predicted molar refractivity (Wildman–Crippen MR) is 115 cm³/mol. The minimum atomic E-state index is -0.416. The molecule has 1 aromatic carbocycles. The first-order valence-electron chi connectivity index (χ1n) is 11.0. The number of nitrogens with zero attached hydrogens (tertiary/aromatic N) is 1. The quantitative estimate of drug-likeness (QED) is 0.608. The largest absolute Gasteiger partial charge is 0.497 e. The van der Waals surface area contributed by atoms with Crippen molar-refractivity contribution in [3.63, 3.8) is 0 Å². The van der Waals surface area contributed by atoms with Crippen LogP contribution in [0, 0.1) is 5.92 Å². The SMILES string of the molecule is COC[C@H](O)C[NH+](Cc1cccn1Cc1cccc(OC)c1)CC1CCCCC1. The number of benzene rings is 1. The van der Waals surface area contributed by atoms with E-state index < -0.39 is 6.10 Å². The van der Waals surface area contributed by atoms with Crippen molar-refractivity contribution in [3.05, 3.63) is 53.9 Å². The number of hydrogen-bond donors (Lipinski definition) is 2. The molecule has 0 amide bonds. The second-order valence-electron chi connectivity index (χ2n) is 8.43. The smallest absolute Gasteiger partial charge is 0.126 e. The van der Waals surface area contributed by atoms with Crippen LogP contribution in [0.3, 0.4) is 0 Å². The molecular weight excluding hydrogens is 364 g/mol. The molecule has 29 heavy (non-hydrogen) atoms. The van der Waals surface area contributed by atoms with E-state index in [1.807, 2.05) is 12.1 Å². The van der Waals surface area contributed by atoms with Crippen molar-refractivity contribution in [1.82, 2.24) is 4.57 Å². The molecule has 1 fully saturated rings. The molecule has 1 aliphatic carbocycles. The summed E-state index contributed by atoms with van der Waals surface area (Å²) >= 11 is 0. The number of aliphatic hydroxyl groups is 1. The lowest BCUT2D eigenvalue weighted by molar-refractivity contribution is -0.920. The molecule has 1 saturated carbocycles. The Labute approximate surface area is 175 Å². The molecule has 5 nitrogen and oxygen atoms in total. The summed E-state index contributed by atoms with van der Waals surface area (Å²) in [6.07, 6.45) is 8.47. The topological polar surface area (TPSA) is 48.1 Å². The fourth-order valence-corrected chi connectivity index (χ4v) is 4.60. The van der Waals surface area contributed by atoms with Crippen molar-refractivity contribution < 1.29 is 19.5 Å². The van der Waals surface area contributed by atoms with Crippen LogP contribution in [0.25, 0.3) is 0 Å². The van der Waals surface area contributed by atoms with Gasteiger partial charge in [-0.1, -0.05) is 31.4 Å². The lowest BCUT2D eigenvalue weighted by atomic mass is 9.89. The Hall–Kier alpha value is -1.82. The summed E-state index contributed by atoms with van der Waals surface area (Å²) in [5, 5.41) is 10.4. The van der Waals surface area contributed by atoms with Gasteiger partial charge in [-0.2, -0.15) is 0 Å². The molecule has 2 N–H and O–H groups in total. The number of hydrogen-bond acceptors (Lipinski definition) is 3. The highest BCUT2D eigenvalue weighted by atomic mass is 16.5. The summed E-state index contributed by atoms with van der Waals surface area (Å²) in [6, 6.07) is 12.6. The Bertz CT molecular complexity index is 724. The van der Waals surface area contributed by atoms with Crippen LogP contribution in [0.4, 0.5) is 0 Å². The van der Waals surface area contributed by atoms with Crippen LogP contribution in [0.15, 0.2) is 42.6 Å². The minimum absolute atomic E-state index is 0.402. The molecule has 1 aliphatic rings. The molecule has 1 aromatic heterocycles. The average Bonchev–Trinajstić information content (AvgIpc) is 3.15. The first-order chi connectivity index (χ1) is 14.2. The predicted octanol–water partition coefficient (Wildman–Crippen LogP) is 2.52. The zero-order valence-corrected chi connectivity index (χ0v) is 18.0. The third-order valence-corrected chi connectivity index (χ3v) is 6.03. The summed E-state index contributed by atoms with van der Waals surface area (Å²) in [6.45, 7) is 4.02. The second kappa shape index (κ2) is 11.4. The van der Waals surface area contributed by atoms with Crippen molar-refractivity contribution in [1.29, 1.82) is 0 Å². The fourth-order valence-electron chi connectivity index (χ4n) is 4.60. The van der Waals surface area contributed by atoms with Crippen molar-refractivity contribution in [2.45, 2.75) is 51.3 Å². The van der Waals surface area contributed by atoms with E-state index in [2.05, 4.69) is 35.0 Å². The van der Waals surface area contributed by atoms with E-state index >= 15 is 0 Å². The van der Waals surface area contributed by atoms with Crippen molar-refractivity contribution in [3.8, 4) is 5.75 Å². The Morgan fingerprint density at radius 1 is 1.14 bits per heavy atom. The highest BCUT2D eigenvalue weighted by molar-refractivity contribution is 5.29. The van der Waals surface area contributed by atoms with E-state index in [-0.39, 0.29) is 0 Å². The maximum Gasteiger partial charge on any atom is 0.126 e. The number of aliphatic hydroxyl groups excluding tert-OH is 1. The van der Waals surface area contributed by atoms with Gasteiger partial charge in [0.2, 0.25) is 0 Å². The molecule has 2 atom stereocenters. The van der Waals surface area contributed by atoms with Gasteiger partial charge in [-0.3, -0.25) is 0 Å². The van der Waals surface area contributed by atoms with E-state index in [0.717, 1.165) is 37.8 Å². The standard InChI is InChI=1S/C24H36N2O3/c1-28-19-23(27)18-25(15-20-8-4-3-5-9-20)17-22-11-7-13-26(22)16-21-10-6-12-24(14-21)29-2/h6-7,10-14,20,23,27H,3-5,8-9,15-19H2,1-2H3/p+1/t23-/m1/s1. The molecule has 0 saturated heterocycles. The van der Waals surface area contributed by atoms with Crippen molar-refractivity contribution in [2.24, 2.45) is 5.92 Å². The van der Waals surface area contributed by atoms with Gasteiger partial charge in [-0.15, -0.1) is 0 Å². The average molecular weight is 402 g/mol. The third-order valence-electron chi connectivity index (χ3n) is 6.03. The Kier molecular flexibility index (Phi) is 8.59. The van der Waals surface area contributed by atoms with Gasteiger partial charge in [0.15, 0.2) is 0 Å². The Morgan fingerprint density at radius 2 is 1.97 bits per heavy atom. The molecule has 0 spiro atoms. The molecule has 0 aliphatic heterocycles. The molecule has 5 heteroatoms. The van der Waals surface area contributed by atoms with Crippen molar-refractivity contribution >= 4 is 0 Å².